The van der Waals surface area contributed by atoms with Gasteiger partial charge in [-0.15, -0.1) is 0 Å². The molecule has 0 spiro atoms. The van der Waals surface area contributed by atoms with E-state index in [9.17, 15) is 4.79 Å². The maximum Gasteiger partial charge on any atom is 0.223 e. The summed E-state index contributed by atoms with van der Waals surface area (Å²) >= 11 is 0. The highest BCUT2D eigenvalue weighted by atomic mass is 16.2. The minimum Gasteiger partial charge on any atom is -0.346 e. The predicted molar refractivity (Wildman–Crippen MR) is 67.5 cm³/mol. The van der Waals surface area contributed by atoms with Crippen LogP contribution in [0, 0.1) is 5.92 Å². The molecule has 2 saturated carbocycles. The Hall–Kier alpha value is -1.31. The third-order valence-electron chi connectivity index (χ3n) is 4.09. The summed E-state index contributed by atoms with van der Waals surface area (Å²) in [6.07, 6.45) is 6.79. The van der Waals surface area contributed by atoms with Crippen LogP contribution >= 0.6 is 0 Å². The van der Waals surface area contributed by atoms with Gasteiger partial charge in [-0.25, -0.2) is 0 Å². The van der Waals surface area contributed by atoms with Crippen LogP contribution < -0.4 is 5.32 Å². The standard InChI is InChI=1S/C15H19NO/c17-14(12-8-9-12)16-15(10-4-5-11-15)13-6-2-1-3-7-13/h1-3,6-7,12H,4-5,8-11H2,(H,16,17). The summed E-state index contributed by atoms with van der Waals surface area (Å²) in [6.45, 7) is 0. The summed E-state index contributed by atoms with van der Waals surface area (Å²) in [5.41, 5.74) is 1.22. The van der Waals surface area contributed by atoms with E-state index in [-0.39, 0.29) is 11.4 Å². The molecule has 2 nitrogen and oxygen atoms in total. The lowest BCUT2D eigenvalue weighted by atomic mass is 9.88. The van der Waals surface area contributed by atoms with Crippen molar-refractivity contribution in [2.45, 2.75) is 44.1 Å². The molecule has 1 N–H and O–H groups in total. The summed E-state index contributed by atoms with van der Waals surface area (Å²) in [7, 11) is 0. The molecule has 0 aromatic heterocycles. The summed E-state index contributed by atoms with van der Waals surface area (Å²) in [4.78, 5) is 12.0. The molecule has 0 atom stereocenters. The fourth-order valence-corrected chi connectivity index (χ4v) is 2.91. The molecular formula is C15H19NO. The van der Waals surface area contributed by atoms with Crippen molar-refractivity contribution in [3.63, 3.8) is 0 Å². The van der Waals surface area contributed by atoms with Crippen molar-refractivity contribution in [2.75, 3.05) is 0 Å². The van der Waals surface area contributed by atoms with Gasteiger partial charge in [0.15, 0.2) is 0 Å². The van der Waals surface area contributed by atoms with E-state index in [1.807, 2.05) is 6.07 Å². The summed E-state index contributed by atoms with van der Waals surface area (Å²) in [6, 6.07) is 10.5. The molecule has 0 aliphatic heterocycles. The molecule has 2 heteroatoms. The average molecular weight is 229 g/mol. The van der Waals surface area contributed by atoms with Crippen LogP contribution in [-0.2, 0) is 10.3 Å². The Morgan fingerprint density at radius 2 is 1.76 bits per heavy atom. The molecule has 2 aliphatic rings. The van der Waals surface area contributed by atoms with Gasteiger partial charge < -0.3 is 5.32 Å². The van der Waals surface area contributed by atoms with Crippen LogP contribution in [0.25, 0.3) is 0 Å². The highest BCUT2D eigenvalue weighted by Crippen LogP contribution is 2.40. The molecule has 0 saturated heterocycles. The average Bonchev–Trinajstić information content (AvgIpc) is 3.12. The minimum atomic E-state index is -0.0685. The van der Waals surface area contributed by atoms with Crippen molar-refractivity contribution in [1.82, 2.24) is 5.32 Å². The number of hydrogen-bond donors (Lipinski definition) is 1. The molecule has 1 aromatic rings. The molecule has 0 radical (unpaired) electrons. The Bertz CT molecular complexity index is 402. The molecule has 17 heavy (non-hydrogen) atoms. The molecule has 90 valence electrons. The van der Waals surface area contributed by atoms with Gasteiger partial charge in [0.1, 0.15) is 0 Å². The lowest BCUT2D eigenvalue weighted by molar-refractivity contribution is -0.124. The topological polar surface area (TPSA) is 29.1 Å². The van der Waals surface area contributed by atoms with Crippen molar-refractivity contribution in [1.29, 1.82) is 0 Å². The number of hydrogen-bond acceptors (Lipinski definition) is 1. The van der Waals surface area contributed by atoms with Crippen molar-refractivity contribution >= 4 is 5.91 Å². The summed E-state index contributed by atoms with van der Waals surface area (Å²) < 4.78 is 0. The summed E-state index contributed by atoms with van der Waals surface area (Å²) in [5.74, 6) is 0.576. The Morgan fingerprint density at radius 3 is 2.35 bits per heavy atom. The maximum atomic E-state index is 12.0. The van der Waals surface area contributed by atoms with Crippen molar-refractivity contribution in [2.24, 2.45) is 5.92 Å². The monoisotopic (exact) mass is 229 g/mol. The number of nitrogens with one attached hydrogen (secondary N) is 1. The highest BCUT2D eigenvalue weighted by Gasteiger charge is 2.40. The van der Waals surface area contributed by atoms with Gasteiger partial charge in [0.25, 0.3) is 0 Å². The van der Waals surface area contributed by atoms with Crippen LogP contribution in [0.3, 0.4) is 0 Å². The second-order valence-electron chi connectivity index (χ2n) is 5.42. The second kappa shape index (κ2) is 4.17. The minimum absolute atomic E-state index is 0.0685. The van der Waals surface area contributed by atoms with E-state index in [0.717, 1.165) is 25.7 Å². The number of carbonyl (C=O) groups is 1. The fourth-order valence-electron chi connectivity index (χ4n) is 2.91. The Kier molecular flexibility index (Phi) is 2.65. The number of carbonyl (C=O) groups excluding carboxylic acids is 1. The van der Waals surface area contributed by atoms with E-state index in [4.69, 9.17) is 0 Å². The van der Waals surface area contributed by atoms with Crippen LogP contribution in [0.2, 0.25) is 0 Å². The van der Waals surface area contributed by atoms with Crippen LogP contribution in [-0.4, -0.2) is 5.91 Å². The summed E-state index contributed by atoms with van der Waals surface area (Å²) in [5, 5.41) is 3.33. The predicted octanol–water partition coefficient (Wildman–Crippen LogP) is 2.98. The van der Waals surface area contributed by atoms with Gasteiger partial charge >= 0.3 is 0 Å². The lowest BCUT2D eigenvalue weighted by Gasteiger charge is -2.31. The SMILES string of the molecule is O=C(NC1(c2ccccc2)CCCC1)C1CC1. The zero-order valence-corrected chi connectivity index (χ0v) is 10.1. The molecule has 2 aliphatic carbocycles. The van der Waals surface area contributed by atoms with Gasteiger partial charge in [0.05, 0.1) is 5.54 Å². The molecule has 3 rings (SSSR count). The van der Waals surface area contributed by atoms with Gasteiger partial charge in [-0.2, -0.15) is 0 Å². The maximum absolute atomic E-state index is 12.0. The first-order chi connectivity index (χ1) is 8.30. The number of amides is 1. The quantitative estimate of drug-likeness (QED) is 0.848. The molecule has 0 bridgehead atoms. The Morgan fingerprint density at radius 1 is 1.12 bits per heavy atom. The molecule has 0 heterocycles. The van der Waals surface area contributed by atoms with Crippen LogP contribution in [0.15, 0.2) is 30.3 Å². The first-order valence-corrected chi connectivity index (χ1v) is 6.68. The third kappa shape index (κ3) is 2.08. The molecule has 1 aromatic carbocycles. The van der Waals surface area contributed by atoms with Crippen molar-refractivity contribution < 1.29 is 4.79 Å². The number of rotatable bonds is 3. The van der Waals surface area contributed by atoms with Crippen LogP contribution in [0.1, 0.15) is 44.1 Å². The van der Waals surface area contributed by atoms with Gasteiger partial charge in [-0.1, -0.05) is 43.2 Å². The largest absolute Gasteiger partial charge is 0.346 e. The first-order valence-electron chi connectivity index (χ1n) is 6.68. The van der Waals surface area contributed by atoms with E-state index >= 15 is 0 Å². The zero-order valence-electron chi connectivity index (χ0n) is 10.1. The Labute approximate surface area is 102 Å². The third-order valence-corrected chi connectivity index (χ3v) is 4.09. The number of benzene rings is 1. The van der Waals surface area contributed by atoms with E-state index in [1.54, 1.807) is 0 Å². The molecule has 2 fully saturated rings. The fraction of sp³-hybridized carbons (Fsp3) is 0.533. The van der Waals surface area contributed by atoms with Gasteiger partial charge in [-0.3, -0.25) is 4.79 Å². The molecular weight excluding hydrogens is 210 g/mol. The van der Waals surface area contributed by atoms with E-state index in [1.165, 1.54) is 18.4 Å². The van der Waals surface area contributed by atoms with E-state index < -0.39 is 0 Å². The smallest absolute Gasteiger partial charge is 0.223 e. The van der Waals surface area contributed by atoms with Crippen LogP contribution in [0.5, 0.6) is 0 Å². The lowest BCUT2D eigenvalue weighted by Crippen LogP contribution is -2.44. The van der Waals surface area contributed by atoms with Crippen molar-refractivity contribution in [3.8, 4) is 0 Å². The normalized spacial score (nSPS) is 22.4. The molecule has 1 amide bonds. The zero-order chi connectivity index (χ0) is 11.7. The Balaban J connectivity index is 1.84. The highest BCUT2D eigenvalue weighted by molar-refractivity contribution is 5.81. The molecule has 0 unspecified atom stereocenters. The van der Waals surface area contributed by atoms with Gasteiger partial charge in [0, 0.05) is 5.92 Å². The van der Waals surface area contributed by atoms with Crippen molar-refractivity contribution in [3.05, 3.63) is 35.9 Å². The van der Waals surface area contributed by atoms with E-state index in [0.29, 0.717) is 5.92 Å². The second-order valence-corrected chi connectivity index (χ2v) is 5.42. The van der Waals surface area contributed by atoms with E-state index in [2.05, 4.69) is 29.6 Å². The van der Waals surface area contributed by atoms with Gasteiger partial charge in [0.2, 0.25) is 5.91 Å². The first kappa shape index (κ1) is 10.8. The van der Waals surface area contributed by atoms with Gasteiger partial charge in [-0.05, 0) is 31.2 Å². The van der Waals surface area contributed by atoms with Crippen LogP contribution in [0.4, 0.5) is 0 Å².